The van der Waals surface area contributed by atoms with E-state index in [0.717, 1.165) is 6.20 Å². The molecule has 1 aromatic heterocycles. The molecule has 0 aliphatic heterocycles. The number of nitrogens with zero attached hydrogens (tertiary/aromatic N) is 1. The SMILES string of the molecule is CC(=O)CCC(=O)Nc1[nH]ncc1C(=O)O. The zero-order valence-electron chi connectivity index (χ0n) is 8.61. The lowest BCUT2D eigenvalue weighted by Crippen LogP contribution is -2.15. The molecule has 7 heteroatoms. The van der Waals surface area contributed by atoms with Crippen molar-refractivity contribution in [2.24, 2.45) is 0 Å². The first-order valence-electron chi connectivity index (χ1n) is 4.56. The van der Waals surface area contributed by atoms with Gasteiger partial charge in [-0.3, -0.25) is 9.89 Å². The minimum Gasteiger partial charge on any atom is -0.477 e. The lowest BCUT2D eigenvalue weighted by molar-refractivity contribution is -0.121. The van der Waals surface area contributed by atoms with Gasteiger partial charge in [0.25, 0.3) is 0 Å². The van der Waals surface area contributed by atoms with Crippen LogP contribution in [0.15, 0.2) is 6.20 Å². The Hall–Kier alpha value is -2.18. The quantitative estimate of drug-likeness (QED) is 0.672. The van der Waals surface area contributed by atoms with Gasteiger partial charge < -0.3 is 15.2 Å². The molecule has 16 heavy (non-hydrogen) atoms. The predicted octanol–water partition coefficient (Wildman–Crippen LogP) is 0.416. The van der Waals surface area contributed by atoms with Gasteiger partial charge in [-0.05, 0) is 6.92 Å². The number of hydrogen-bond acceptors (Lipinski definition) is 4. The molecular formula is C9H11N3O4. The Bertz CT molecular complexity index is 424. The number of nitrogens with one attached hydrogen (secondary N) is 2. The van der Waals surface area contributed by atoms with Gasteiger partial charge in [-0.1, -0.05) is 0 Å². The summed E-state index contributed by atoms with van der Waals surface area (Å²) in [5, 5.41) is 16.9. The lowest BCUT2D eigenvalue weighted by atomic mass is 10.2. The zero-order chi connectivity index (χ0) is 12.1. The second-order valence-corrected chi connectivity index (χ2v) is 3.21. The molecule has 7 nitrogen and oxygen atoms in total. The summed E-state index contributed by atoms with van der Waals surface area (Å²) in [5.41, 5.74) is -0.115. The molecule has 0 spiro atoms. The number of amides is 1. The number of carbonyl (C=O) groups excluding carboxylic acids is 2. The average Bonchev–Trinajstić information content (AvgIpc) is 2.62. The molecule has 1 amide bonds. The van der Waals surface area contributed by atoms with Crippen LogP contribution in [0.5, 0.6) is 0 Å². The average molecular weight is 225 g/mol. The summed E-state index contributed by atoms with van der Waals surface area (Å²) < 4.78 is 0. The van der Waals surface area contributed by atoms with Crippen LogP contribution in [0.3, 0.4) is 0 Å². The van der Waals surface area contributed by atoms with Crippen LogP contribution in [0.2, 0.25) is 0 Å². The number of aromatic nitrogens is 2. The number of hydrogen-bond donors (Lipinski definition) is 3. The normalized spacial score (nSPS) is 9.81. The van der Waals surface area contributed by atoms with Crippen molar-refractivity contribution < 1.29 is 19.5 Å². The van der Waals surface area contributed by atoms with Crippen LogP contribution in [0, 0.1) is 0 Å². The van der Waals surface area contributed by atoms with Crippen LogP contribution < -0.4 is 5.32 Å². The molecule has 1 aromatic rings. The fourth-order valence-electron chi connectivity index (χ4n) is 1.04. The molecule has 0 bridgehead atoms. The number of ketones is 1. The first kappa shape index (κ1) is 11.9. The van der Waals surface area contributed by atoms with Crippen LogP contribution in [0.25, 0.3) is 0 Å². The Labute approximate surface area is 90.8 Å². The van der Waals surface area contributed by atoms with Gasteiger partial charge in [0.1, 0.15) is 17.2 Å². The highest BCUT2D eigenvalue weighted by molar-refractivity contribution is 5.99. The van der Waals surface area contributed by atoms with E-state index in [2.05, 4.69) is 15.5 Å². The van der Waals surface area contributed by atoms with E-state index in [1.807, 2.05) is 0 Å². The maximum Gasteiger partial charge on any atom is 0.341 e. The lowest BCUT2D eigenvalue weighted by Gasteiger charge is -2.02. The third-order valence-electron chi connectivity index (χ3n) is 1.84. The van der Waals surface area contributed by atoms with E-state index in [1.54, 1.807) is 0 Å². The summed E-state index contributed by atoms with van der Waals surface area (Å²) in [6.45, 7) is 1.38. The zero-order valence-corrected chi connectivity index (χ0v) is 8.61. The molecule has 0 saturated carbocycles. The number of carbonyl (C=O) groups is 3. The molecule has 0 aliphatic carbocycles. The number of anilines is 1. The molecule has 1 heterocycles. The van der Waals surface area contributed by atoms with E-state index >= 15 is 0 Å². The van der Waals surface area contributed by atoms with Gasteiger partial charge >= 0.3 is 5.97 Å². The number of aromatic amines is 1. The number of Topliss-reactive ketones (excluding diaryl/α,β-unsaturated/α-hetero) is 1. The molecule has 86 valence electrons. The van der Waals surface area contributed by atoms with E-state index in [1.165, 1.54) is 6.92 Å². The van der Waals surface area contributed by atoms with Crippen LogP contribution in [-0.4, -0.2) is 33.0 Å². The first-order chi connectivity index (χ1) is 7.50. The molecular weight excluding hydrogens is 214 g/mol. The van der Waals surface area contributed by atoms with Crippen molar-refractivity contribution in [1.29, 1.82) is 0 Å². The highest BCUT2D eigenvalue weighted by atomic mass is 16.4. The topological polar surface area (TPSA) is 112 Å². The van der Waals surface area contributed by atoms with Crippen LogP contribution in [0.4, 0.5) is 5.82 Å². The fraction of sp³-hybridized carbons (Fsp3) is 0.333. The van der Waals surface area contributed by atoms with Crippen molar-refractivity contribution in [2.75, 3.05) is 5.32 Å². The van der Waals surface area contributed by atoms with E-state index in [0.29, 0.717) is 0 Å². The number of aromatic carboxylic acids is 1. The molecule has 0 aromatic carbocycles. The van der Waals surface area contributed by atoms with Crippen LogP contribution >= 0.6 is 0 Å². The van der Waals surface area contributed by atoms with Crippen molar-refractivity contribution in [2.45, 2.75) is 19.8 Å². The standard InChI is InChI=1S/C9H11N3O4/c1-5(13)2-3-7(14)11-8-6(9(15)16)4-10-12-8/h4H,2-3H2,1H3,(H,15,16)(H2,10,11,12,14). The second kappa shape index (κ2) is 5.06. The van der Waals surface area contributed by atoms with E-state index in [9.17, 15) is 14.4 Å². The highest BCUT2D eigenvalue weighted by Crippen LogP contribution is 2.11. The number of carboxylic acids is 1. The monoisotopic (exact) mass is 225 g/mol. The molecule has 0 unspecified atom stereocenters. The van der Waals surface area contributed by atoms with Crippen LogP contribution in [-0.2, 0) is 9.59 Å². The Morgan fingerprint density at radius 2 is 2.12 bits per heavy atom. The largest absolute Gasteiger partial charge is 0.477 e. The molecule has 0 radical (unpaired) electrons. The van der Waals surface area contributed by atoms with Gasteiger partial charge in [0.2, 0.25) is 5.91 Å². The van der Waals surface area contributed by atoms with Crippen molar-refractivity contribution in [3.63, 3.8) is 0 Å². The molecule has 0 atom stereocenters. The number of H-pyrrole nitrogens is 1. The Morgan fingerprint density at radius 1 is 1.44 bits per heavy atom. The van der Waals surface area contributed by atoms with Gasteiger partial charge in [0, 0.05) is 12.8 Å². The summed E-state index contributed by atoms with van der Waals surface area (Å²) in [7, 11) is 0. The molecule has 0 fully saturated rings. The van der Waals surface area contributed by atoms with Gasteiger partial charge in [-0.2, -0.15) is 5.10 Å². The van der Waals surface area contributed by atoms with Crippen molar-refractivity contribution in [3.8, 4) is 0 Å². The Balaban J connectivity index is 2.59. The van der Waals surface area contributed by atoms with Crippen molar-refractivity contribution >= 4 is 23.5 Å². The van der Waals surface area contributed by atoms with Crippen molar-refractivity contribution in [1.82, 2.24) is 10.2 Å². The van der Waals surface area contributed by atoms with Gasteiger partial charge in [-0.25, -0.2) is 4.79 Å². The smallest absolute Gasteiger partial charge is 0.341 e. The minimum atomic E-state index is -1.18. The Morgan fingerprint density at radius 3 is 2.69 bits per heavy atom. The summed E-state index contributed by atoms with van der Waals surface area (Å²) >= 11 is 0. The molecule has 1 rings (SSSR count). The van der Waals surface area contributed by atoms with E-state index < -0.39 is 11.9 Å². The summed E-state index contributed by atoms with van der Waals surface area (Å²) in [5.74, 6) is -1.68. The van der Waals surface area contributed by atoms with Gasteiger partial charge in [-0.15, -0.1) is 0 Å². The summed E-state index contributed by atoms with van der Waals surface area (Å²) in [4.78, 5) is 32.6. The molecule has 3 N–H and O–H groups in total. The maximum absolute atomic E-state index is 11.3. The minimum absolute atomic E-state index is 0.0212. The maximum atomic E-state index is 11.3. The fourth-order valence-corrected chi connectivity index (χ4v) is 1.04. The predicted molar refractivity (Wildman–Crippen MR) is 54.1 cm³/mol. The van der Waals surface area contributed by atoms with Crippen molar-refractivity contribution in [3.05, 3.63) is 11.8 Å². The van der Waals surface area contributed by atoms with E-state index in [-0.39, 0.29) is 30.0 Å². The van der Waals surface area contributed by atoms with Crippen LogP contribution in [0.1, 0.15) is 30.1 Å². The highest BCUT2D eigenvalue weighted by Gasteiger charge is 2.14. The summed E-state index contributed by atoms with van der Waals surface area (Å²) in [6.07, 6.45) is 1.25. The van der Waals surface area contributed by atoms with Gasteiger partial charge in [0.15, 0.2) is 0 Å². The second-order valence-electron chi connectivity index (χ2n) is 3.21. The first-order valence-corrected chi connectivity index (χ1v) is 4.56. The molecule has 0 aliphatic rings. The van der Waals surface area contributed by atoms with Gasteiger partial charge in [0.05, 0.1) is 6.20 Å². The number of rotatable bonds is 5. The third-order valence-corrected chi connectivity index (χ3v) is 1.84. The molecule has 0 saturated heterocycles. The van der Waals surface area contributed by atoms with E-state index in [4.69, 9.17) is 5.11 Å². The summed E-state index contributed by atoms with van der Waals surface area (Å²) in [6, 6.07) is 0. The third kappa shape index (κ3) is 3.19. The number of carboxylic acid groups (broad SMARTS) is 1. The Kier molecular flexibility index (Phi) is 3.76.